The highest BCUT2D eigenvalue weighted by atomic mass is 32.2. The minimum Gasteiger partial charge on any atom is -0.309 e. The Bertz CT molecular complexity index is 954. The quantitative estimate of drug-likeness (QED) is 0.807. The van der Waals surface area contributed by atoms with Crippen LogP contribution in [0.5, 0.6) is 0 Å². The predicted octanol–water partition coefficient (Wildman–Crippen LogP) is 3.73. The Labute approximate surface area is 160 Å². The number of carbonyl (C=O) groups excluding carboxylic acids is 1. The average Bonchev–Trinajstić information content (AvgIpc) is 3.46. The zero-order chi connectivity index (χ0) is 19.2. The summed E-state index contributed by atoms with van der Waals surface area (Å²) in [5.41, 5.74) is 2.37. The first kappa shape index (κ1) is 18.0. The summed E-state index contributed by atoms with van der Waals surface area (Å²) >= 11 is 0. The number of rotatable bonds is 4. The highest BCUT2D eigenvalue weighted by Crippen LogP contribution is 2.45. The van der Waals surface area contributed by atoms with Gasteiger partial charge in [0.1, 0.15) is 0 Å². The summed E-state index contributed by atoms with van der Waals surface area (Å²) in [7, 11) is -3.50. The molecule has 0 bridgehead atoms. The Morgan fingerprint density at radius 2 is 1.67 bits per heavy atom. The maximum Gasteiger partial charge on any atom is 0.232 e. The number of fused-ring (bicyclic) bond motifs is 1. The first-order valence-electron chi connectivity index (χ1n) is 9.34. The van der Waals surface area contributed by atoms with Crippen molar-refractivity contribution in [2.24, 2.45) is 5.92 Å². The molecular formula is C21H24N2O3S. The summed E-state index contributed by atoms with van der Waals surface area (Å²) in [6.45, 7) is 2.01. The number of para-hydroxylation sites is 2. The fraction of sp³-hybridized carbons (Fsp3) is 0.381. The van der Waals surface area contributed by atoms with Gasteiger partial charge in [-0.15, -0.1) is 0 Å². The molecule has 5 nitrogen and oxygen atoms in total. The second-order valence-electron chi connectivity index (χ2n) is 7.54. The molecule has 4 rings (SSSR count). The Kier molecular flexibility index (Phi) is 4.46. The third kappa shape index (κ3) is 3.34. The van der Waals surface area contributed by atoms with Crippen molar-refractivity contribution in [1.29, 1.82) is 0 Å². The molecule has 1 aliphatic heterocycles. The molecule has 6 heteroatoms. The predicted molar refractivity (Wildman–Crippen MR) is 107 cm³/mol. The van der Waals surface area contributed by atoms with Crippen LogP contribution in [0.3, 0.4) is 0 Å². The number of carbonyl (C=O) groups is 1. The SMILES string of the molecule is C[C@H]1C[C@H](N(c2ccccc2)S(C)(=O)=O)c2ccccc2N1C(=O)C1CC1. The number of amides is 1. The molecule has 0 N–H and O–H groups in total. The van der Waals surface area contributed by atoms with E-state index in [-0.39, 0.29) is 23.9 Å². The third-order valence-corrected chi connectivity index (χ3v) is 6.56. The van der Waals surface area contributed by atoms with Crippen LogP contribution in [0.1, 0.15) is 37.8 Å². The van der Waals surface area contributed by atoms with Crippen molar-refractivity contribution in [3.05, 3.63) is 60.2 Å². The summed E-state index contributed by atoms with van der Waals surface area (Å²) in [4.78, 5) is 14.8. The van der Waals surface area contributed by atoms with Gasteiger partial charge in [0.25, 0.3) is 0 Å². The van der Waals surface area contributed by atoms with Crippen LogP contribution in [0.25, 0.3) is 0 Å². The molecule has 0 saturated heterocycles. The van der Waals surface area contributed by atoms with Crippen molar-refractivity contribution in [3.63, 3.8) is 0 Å². The van der Waals surface area contributed by atoms with Crippen LogP contribution >= 0.6 is 0 Å². The Hall–Kier alpha value is -2.34. The minimum atomic E-state index is -3.50. The average molecular weight is 385 g/mol. The van der Waals surface area contributed by atoms with E-state index in [1.54, 1.807) is 0 Å². The monoisotopic (exact) mass is 384 g/mol. The molecule has 1 heterocycles. The normalized spacial score (nSPS) is 22.2. The van der Waals surface area contributed by atoms with E-state index in [0.717, 1.165) is 24.1 Å². The number of hydrogen-bond acceptors (Lipinski definition) is 3. The van der Waals surface area contributed by atoms with Gasteiger partial charge in [-0.25, -0.2) is 8.42 Å². The van der Waals surface area contributed by atoms with Gasteiger partial charge in [0.15, 0.2) is 0 Å². The van der Waals surface area contributed by atoms with Gasteiger partial charge in [0.2, 0.25) is 15.9 Å². The second kappa shape index (κ2) is 6.68. The van der Waals surface area contributed by atoms with E-state index in [1.165, 1.54) is 10.6 Å². The van der Waals surface area contributed by atoms with E-state index < -0.39 is 10.0 Å². The molecule has 0 radical (unpaired) electrons. The molecule has 142 valence electrons. The molecule has 1 amide bonds. The van der Waals surface area contributed by atoms with E-state index in [2.05, 4.69) is 0 Å². The molecule has 2 atom stereocenters. The molecule has 1 aliphatic carbocycles. The summed E-state index contributed by atoms with van der Waals surface area (Å²) in [6.07, 6.45) is 3.71. The zero-order valence-corrected chi connectivity index (χ0v) is 16.4. The van der Waals surface area contributed by atoms with E-state index in [9.17, 15) is 13.2 Å². The van der Waals surface area contributed by atoms with Crippen molar-refractivity contribution in [3.8, 4) is 0 Å². The Balaban J connectivity index is 1.82. The highest BCUT2D eigenvalue weighted by molar-refractivity contribution is 7.92. The zero-order valence-electron chi connectivity index (χ0n) is 15.6. The standard InChI is InChI=1S/C21H24N2O3S/c1-15-14-20(23(27(2,25)26)17-8-4-3-5-9-17)18-10-6-7-11-19(18)22(15)21(24)16-12-13-16/h3-11,15-16,20H,12-14H2,1-2H3/t15-,20-/m0/s1. The van der Waals surface area contributed by atoms with Crippen molar-refractivity contribution in [2.75, 3.05) is 15.5 Å². The molecule has 2 aromatic carbocycles. The first-order valence-corrected chi connectivity index (χ1v) is 11.2. The fourth-order valence-corrected chi connectivity index (χ4v) is 5.21. The van der Waals surface area contributed by atoms with Crippen LogP contribution < -0.4 is 9.21 Å². The highest BCUT2D eigenvalue weighted by Gasteiger charge is 2.42. The lowest BCUT2D eigenvalue weighted by Crippen LogP contribution is -2.48. The van der Waals surface area contributed by atoms with Crippen molar-refractivity contribution in [2.45, 2.75) is 38.3 Å². The van der Waals surface area contributed by atoms with Gasteiger partial charge < -0.3 is 4.90 Å². The number of nitrogens with zero attached hydrogens (tertiary/aromatic N) is 2. The van der Waals surface area contributed by atoms with Crippen LogP contribution in [-0.2, 0) is 14.8 Å². The van der Waals surface area contributed by atoms with Gasteiger partial charge in [0.05, 0.1) is 18.0 Å². The molecule has 0 aromatic heterocycles. The van der Waals surface area contributed by atoms with Gasteiger partial charge in [-0.1, -0.05) is 36.4 Å². The maximum absolute atomic E-state index is 12.9. The molecule has 27 heavy (non-hydrogen) atoms. The molecule has 2 aromatic rings. The lowest BCUT2D eigenvalue weighted by Gasteiger charge is -2.43. The molecule has 0 spiro atoms. The number of benzene rings is 2. The van der Waals surface area contributed by atoms with Crippen LogP contribution in [0.15, 0.2) is 54.6 Å². The molecule has 0 unspecified atom stereocenters. The van der Waals surface area contributed by atoms with Gasteiger partial charge in [0, 0.05) is 17.6 Å². The lowest BCUT2D eigenvalue weighted by molar-refractivity contribution is -0.120. The van der Waals surface area contributed by atoms with Crippen LogP contribution in [0.4, 0.5) is 11.4 Å². The maximum atomic E-state index is 12.9. The van der Waals surface area contributed by atoms with Crippen molar-refractivity contribution >= 4 is 27.3 Å². The topological polar surface area (TPSA) is 57.7 Å². The third-order valence-electron chi connectivity index (χ3n) is 5.38. The van der Waals surface area contributed by atoms with Gasteiger partial charge >= 0.3 is 0 Å². The van der Waals surface area contributed by atoms with Gasteiger partial charge in [-0.3, -0.25) is 9.10 Å². The minimum absolute atomic E-state index is 0.0639. The summed E-state index contributed by atoms with van der Waals surface area (Å²) < 4.78 is 27.0. The number of anilines is 2. The van der Waals surface area contributed by atoms with Crippen LogP contribution in [0, 0.1) is 5.92 Å². The van der Waals surface area contributed by atoms with E-state index in [1.807, 2.05) is 66.4 Å². The van der Waals surface area contributed by atoms with Crippen LogP contribution in [0.2, 0.25) is 0 Å². The van der Waals surface area contributed by atoms with Crippen LogP contribution in [-0.4, -0.2) is 26.6 Å². The summed E-state index contributed by atoms with van der Waals surface area (Å²) in [5.74, 6) is 0.288. The Morgan fingerprint density at radius 3 is 2.30 bits per heavy atom. The molecule has 1 fully saturated rings. The molecular weight excluding hydrogens is 360 g/mol. The summed E-state index contributed by atoms with van der Waals surface area (Å²) in [6, 6.07) is 16.5. The first-order chi connectivity index (χ1) is 12.9. The fourth-order valence-electron chi connectivity index (χ4n) is 4.04. The second-order valence-corrected chi connectivity index (χ2v) is 9.40. The number of hydrogen-bond donors (Lipinski definition) is 0. The molecule has 1 saturated carbocycles. The van der Waals surface area contributed by atoms with Gasteiger partial charge in [-0.2, -0.15) is 0 Å². The van der Waals surface area contributed by atoms with Crippen molar-refractivity contribution in [1.82, 2.24) is 0 Å². The molecule has 2 aliphatic rings. The van der Waals surface area contributed by atoms with E-state index in [4.69, 9.17) is 0 Å². The van der Waals surface area contributed by atoms with E-state index >= 15 is 0 Å². The van der Waals surface area contributed by atoms with Crippen molar-refractivity contribution < 1.29 is 13.2 Å². The van der Waals surface area contributed by atoms with E-state index in [0.29, 0.717) is 12.1 Å². The lowest BCUT2D eigenvalue weighted by atomic mass is 9.91. The smallest absolute Gasteiger partial charge is 0.232 e. The number of sulfonamides is 1. The summed E-state index contributed by atoms with van der Waals surface area (Å²) in [5, 5.41) is 0. The largest absolute Gasteiger partial charge is 0.309 e. The Morgan fingerprint density at radius 1 is 1.04 bits per heavy atom. The van der Waals surface area contributed by atoms with Gasteiger partial charge in [-0.05, 0) is 49.9 Å².